The number of benzene rings is 3. The van der Waals surface area contributed by atoms with Crippen molar-refractivity contribution < 1.29 is 13.8 Å². The normalized spacial score (nSPS) is 11.2. The van der Waals surface area contributed by atoms with Gasteiger partial charge in [-0.3, -0.25) is 4.57 Å². The second-order valence-electron chi connectivity index (χ2n) is 5.35. The zero-order valence-corrected chi connectivity index (χ0v) is 14.4. The highest BCUT2D eigenvalue weighted by Gasteiger charge is 2.28. The van der Waals surface area contributed by atoms with Crippen LogP contribution in [0.1, 0.15) is 5.56 Å². The van der Waals surface area contributed by atoms with E-state index in [2.05, 4.69) is 0 Å². The third kappa shape index (κ3) is 3.59. The summed E-state index contributed by atoms with van der Waals surface area (Å²) >= 11 is 0. The maximum absolute atomic E-state index is 13.7. The molecule has 0 amide bonds. The largest absolute Gasteiger partial charge is 0.497 e. The summed E-state index contributed by atoms with van der Waals surface area (Å²) in [6, 6.07) is 26.3. The van der Waals surface area contributed by atoms with Crippen LogP contribution in [0.3, 0.4) is 0 Å². The zero-order valence-electron chi connectivity index (χ0n) is 13.5. The quantitative estimate of drug-likeness (QED) is 0.634. The first kappa shape index (κ1) is 16.5. The molecule has 0 saturated carbocycles. The maximum Gasteiger partial charge on any atom is 0.261 e. The first-order chi connectivity index (χ1) is 11.7. The van der Waals surface area contributed by atoms with Gasteiger partial charge in [0.15, 0.2) is 0 Å². The summed E-state index contributed by atoms with van der Waals surface area (Å²) in [7, 11) is -1.53. The average Bonchev–Trinajstić information content (AvgIpc) is 2.67. The van der Waals surface area contributed by atoms with Crippen molar-refractivity contribution in [2.45, 2.75) is 6.61 Å². The predicted octanol–water partition coefficient (Wildman–Crippen LogP) is 4.14. The summed E-state index contributed by atoms with van der Waals surface area (Å²) in [5, 5.41) is 1.39. The lowest BCUT2D eigenvalue weighted by molar-refractivity contribution is 0.315. The van der Waals surface area contributed by atoms with Gasteiger partial charge in [-0.05, 0) is 42.0 Å². The van der Waals surface area contributed by atoms with Gasteiger partial charge in [-0.15, -0.1) is 0 Å². The minimum Gasteiger partial charge on any atom is -0.497 e. The molecule has 0 aliphatic carbocycles. The Bertz CT molecular complexity index is 788. The molecule has 0 aliphatic rings. The number of hydrogen-bond donors (Lipinski definition) is 0. The highest BCUT2D eigenvalue weighted by atomic mass is 31.2. The van der Waals surface area contributed by atoms with Gasteiger partial charge in [0.2, 0.25) is 0 Å². The fourth-order valence-electron chi connectivity index (χ4n) is 2.47. The number of rotatable bonds is 6. The molecule has 3 aromatic rings. The molecular formula is C20H19O3P. The Morgan fingerprint density at radius 1 is 0.792 bits per heavy atom. The minimum absolute atomic E-state index is 0.248. The van der Waals surface area contributed by atoms with Crippen LogP contribution < -0.4 is 15.3 Å². The number of methoxy groups -OCH3 is 1. The van der Waals surface area contributed by atoms with Crippen LogP contribution in [-0.4, -0.2) is 7.11 Å². The molecule has 0 saturated heterocycles. The second-order valence-corrected chi connectivity index (χ2v) is 7.74. The third-order valence-corrected chi connectivity index (χ3v) is 6.19. The van der Waals surface area contributed by atoms with E-state index in [9.17, 15) is 4.57 Å². The fourth-order valence-corrected chi connectivity index (χ4v) is 4.53. The Morgan fingerprint density at radius 2 is 1.38 bits per heavy atom. The average molecular weight is 338 g/mol. The topological polar surface area (TPSA) is 35.5 Å². The molecule has 4 heteroatoms. The van der Waals surface area contributed by atoms with E-state index in [-0.39, 0.29) is 6.61 Å². The summed E-state index contributed by atoms with van der Waals surface area (Å²) in [4.78, 5) is 0. The van der Waals surface area contributed by atoms with E-state index < -0.39 is 7.37 Å². The molecule has 3 nitrogen and oxygen atoms in total. The fraction of sp³-hybridized carbons (Fsp3) is 0.100. The maximum atomic E-state index is 13.7. The van der Waals surface area contributed by atoms with Gasteiger partial charge in [0, 0.05) is 10.6 Å². The van der Waals surface area contributed by atoms with Crippen LogP contribution in [0.2, 0.25) is 0 Å². The summed E-state index contributed by atoms with van der Waals surface area (Å²) < 4.78 is 24.9. The molecule has 0 spiro atoms. The molecule has 3 aromatic carbocycles. The van der Waals surface area contributed by atoms with Gasteiger partial charge in [0.05, 0.1) is 13.7 Å². The molecule has 0 unspecified atom stereocenters. The van der Waals surface area contributed by atoms with Gasteiger partial charge >= 0.3 is 0 Å². The van der Waals surface area contributed by atoms with Crippen LogP contribution in [0.5, 0.6) is 5.75 Å². The Labute approximate surface area is 142 Å². The van der Waals surface area contributed by atoms with E-state index in [4.69, 9.17) is 9.26 Å². The zero-order chi connectivity index (χ0) is 16.8. The molecule has 0 heterocycles. The SMILES string of the molecule is COc1cccc(COP(=O)(c2ccccc2)c2ccccc2)c1. The predicted molar refractivity (Wildman–Crippen MR) is 97.5 cm³/mol. The number of ether oxygens (including phenoxy) is 1. The van der Waals surface area contributed by atoms with Crippen molar-refractivity contribution in [2.24, 2.45) is 0 Å². The Morgan fingerprint density at radius 3 is 1.92 bits per heavy atom. The van der Waals surface area contributed by atoms with Crippen LogP contribution in [0.4, 0.5) is 0 Å². The summed E-state index contributed by atoms with van der Waals surface area (Å²) in [6.45, 7) is 0.248. The smallest absolute Gasteiger partial charge is 0.261 e. The highest BCUT2D eigenvalue weighted by Crippen LogP contribution is 2.45. The van der Waals surface area contributed by atoms with Crippen LogP contribution >= 0.6 is 7.37 Å². The highest BCUT2D eigenvalue weighted by molar-refractivity contribution is 7.74. The Balaban J connectivity index is 1.93. The lowest BCUT2D eigenvalue weighted by Crippen LogP contribution is -2.18. The van der Waals surface area contributed by atoms with Crippen molar-refractivity contribution in [3.63, 3.8) is 0 Å². The monoisotopic (exact) mass is 338 g/mol. The molecule has 0 aliphatic heterocycles. The molecule has 0 fully saturated rings. The van der Waals surface area contributed by atoms with E-state index >= 15 is 0 Å². The molecule has 0 aromatic heterocycles. The van der Waals surface area contributed by atoms with Crippen molar-refractivity contribution in [3.05, 3.63) is 90.5 Å². The van der Waals surface area contributed by atoms with E-state index in [1.54, 1.807) is 7.11 Å². The lowest BCUT2D eigenvalue weighted by Gasteiger charge is -2.19. The molecule has 24 heavy (non-hydrogen) atoms. The van der Waals surface area contributed by atoms with Crippen molar-refractivity contribution in [1.82, 2.24) is 0 Å². The third-order valence-electron chi connectivity index (χ3n) is 3.74. The number of hydrogen-bond acceptors (Lipinski definition) is 3. The Hall–Kier alpha value is -2.35. The van der Waals surface area contributed by atoms with Gasteiger partial charge in [-0.1, -0.05) is 48.5 Å². The van der Waals surface area contributed by atoms with Gasteiger partial charge < -0.3 is 9.26 Å². The standard InChI is InChI=1S/C20H19O3P/c1-22-18-10-8-9-17(15-18)16-23-24(21,19-11-4-2-5-12-19)20-13-6-3-7-14-20/h2-15H,16H2,1H3. The van der Waals surface area contributed by atoms with E-state index in [1.807, 2.05) is 84.9 Å². The van der Waals surface area contributed by atoms with Gasteiger partial charge in [0.1, 0.15) is 5.75 Å². The first-order valence-electron chi connectivity index (χ1n) is 7.71. The van der Waals surface area contributed by atoms with E-state index in [0.717, 1.165) is 11.3 Å². The molecule has 0 bridgehead atoms. The van der Waals surface area contributed by atoms with Gasteiger partial charge in [0.25, 0.3) is 7.37 Å². The van der Waals surface area contributed by atoms with Crippen molar-refractivity contribution in [1.29, 1.82) is 0 Å². The van der Waals surface area contributed by atoms with Crippen LogP contribution in [0.15, 0.2) is 84.9 Å². The summed E-state index contributed by atoms with van der Waals surface area (Å²) in [5.74, 6) is 0.755. The van der Waals surface area contributed by atoms with Crippen molar-refractivity contribution in [3.8, 4) is 5.75 Å². The first-order valence-corrected chi connectivity index (χ1v) is 9.33. The van der Waals surface area contributed by atoms with Crippen LogP contribution in [0, 0.1) is 0 Å². The van der Waals surface area contributed by atoms with Crippen LogP contribution in [-0.2, 0) is 15.7 Å². The molecular weight excluding hydrogens is 319 g/mol. The van der Waals surface area contributed by atoms with E-state index in [0.29, 0.717) is 10.6 Å². The van der Waals surface area contributed by atoms with Gasteiger partial charge in [-0.25, -0.2) is 0 Å². The Kier molecular flexibility index (Phi) is 5.14. The minimum atomic E-state index is -3.15. The molecule has 0 radical (unpaired) electrons. The molecule has 0 atom stereocenters. The van der Waals surface area contributed by atoms with E-state index in [1.165, 1.54) is 0 Å². The molecule has 122 valence electrons. The van der Waals surface area contributed by atoms with Gasteiger partial charge in [-0.2, -0.15) is 0 Å². The second kappa shape index (κ2) is 7.48. The summed E-state index contributed by atoms with van der Waals surface area (Å²) in [6.07, 6.45) is 0. The van der Waals surface area contributed by atoms with Crippen molar-refractivity contribution in [2.75, 3.05) is 7.11 Å². The molecule has 0 N–H and O–H groups in total. The van der Waals surface area contributed by atoms with Crippen LogP contribution in [0.25, 0.3) is 0 Å². The molecule has 3 rings (SSSR count). The summed E-state index contributed by atoms with van der Waals surface area (Å²) in [5.41, 5.74) is 0.918. The van der Waals surface area contributed by atoms with Crippen molar-refractivity contribution >= 4 is 18.0 Å². The lowest BCUT2D eigenvalue weighted by atomic mass is 10.2.